The predicted octanol–water partition coefficient (Wildman–Crippen LogP) is 3.78. The average Bonchev–Trinajstić information content (AvgIpc) is 2.32. The summed E-state index contributed by atoms with van der Waals surface area (Å²) in [4.78, 5) is 4.31. The first-order valence-corrected chi connectivity index (χ1v) is 6.11. The van der Waals surface area contributed by atoms with Crippen LogP contribution in [0.4, 0.5) is 0 Å². The lowest BCUT2D eigenvalue weighted by molar-refractivity contribution is 0.356. The normalized spacial score (nSPS) is 10.5. The van der Waals surface area contributed by atoms with E-state index >= 15 is 0 Å². The zero-order chi connectivity index (χ0) is 11.7. The molecule has 0 aliphatic carbocycles. The topological polar surface area (TPSA) is 31.4 Å². The standard InChI is InChI=1S/C11H9Br2NO2/c1-15-9-3-6-8(4-10(9)16-2)14-5-7(12)11(6)13/h3-5H,1-2H3. The van der Waals surface area contributed by atoms with Gasteiger partial charge in [0.05, 0.1) is 24.2 Å². The van der Waals surface area contributed by atoms with Gasteiger partial charge in [0.2, 0.25) is 0 Å². The van der Waals surface area contributed by atoms with Crippen molar-refractivity contribution < 1.29 is 9.47 Å². The number of hydrogen-bond acceptors (Lipinski definition) is 3. The van der Waals surface area contributed by atoms with Crippen LogP contribution in [0.3, 0.4) is 0 Å². The smallest absolute Gasteiger partial charge is 0.162 e. The first-order valence-electron chi connectivity index (χ1n) is 4.53. The molecule has 0 spiro atoms. The van der Waals surface area contributed by atoms with Gasteiger partial charge in [0, 0.05) is 22.1 Å². The Labute approximate surface area is 110 Å². The molecule has 0 unspecified atom stereocenters. The van der Waals surface area contributed by atoms with E-state index in [0.29, 0.717) is 11.5 Å². The van der Waals surface area contributed by atoms with E-state index in [-0.39, 0.29) is 0 Å². The van der Waals surface area contributed by atoms with Gasteiger partial charge in [-0.05, 0) is 37.9 Å². The Morgan fingerprint density at radius 1 is 1.06 bits per heavy atom. The highest BCUT2D eigenvalue weighted by molar-refractivity contribution is 9.13. The molecule has 0 radical (unpaired) electrons. The minimum absolute atomic E-state index is 0.678. The van der Waals surface area contributed by atoms with Gasteiger partial charge in [0.25, 0.3) is 0 Å². The third-order valence-corrected chi connectivity index (χ3v) is 4.25. The van der Waals surface area contributed by atoms with Crippen LogP contribution in [-0.4, -0.2) is 19.2 Å². The van der Waals surface area contributed by atoms with Crippen LogP contribution in [-0.2, 0) is 0 Å². The maximum absolute atomic E-state index is 5.25. The van der Waals surface area contributed by atoms with E-state index in [9.17, 15) is 0 Å². The number of rotatable bonds is 2. The van der Waals surface area contributed by atoms with Crippen molar-refractivity contribution in [2.45, 2.75) is 0 Å². The fraction of sp³-hybridized carbons (Fsp3) is 0.182. The summed E-state index contributed by atoms with van der Waals surface area (Å²) >= 11 is 6.92. The Balaban J connectivity index is 2.78. The number of nitrogens with zero attached hydrogens (tertiary/aromatic N) is 1. The van der Waals surface area contributed by atoms with Crippen LogP contribution in [0.1, 0.15) is 0 Å². The molecule has 5 heteroatoms. The van der Waals surface area contributed by atoms with Gasteiger partial charge in [-0.3, -0.25) is 4.98 Å². The Morgan fingerprint density at radius 3 is 2.31 bits per heavy atom. The molecule has 0 bridgehead atoms. The highest BCUT2D eigenvalue weighted by Crippen LogP contribution is 2.36. The van der Waals surface area contributed by atoms with E-state index in [1.54, 1.807) is 20.4 Å². The summed E-state index contributed by atoms with van der Waals surface area (Å²) in [7, 11) is 3.22. The molecule has 0 saturated carbocycles. The van der Waals surface area contributed by atoms with Crippen LogP contribution in [0.15, 0.2) is 27.3 Å². The van der Waals surface area contributed by atoms with Crippen molar-refractivity contribution in [3.8, 4) is 11.5 Å². The van der Waals surface area contributed by atoms with Crippen molar-refractivity contribution in [1.82, 2.24) is 4.98 Å². The second-order valence-electron chi connectivity index (χ2n) is 3.14. The van der Waals surface area contributed by atoms with Crippen molar-refractivity contribution in [2.75, 3.05) is 14.2 Å². The predicted molar refractivity (Wildman–Crippen MR) is 70.2 cm³/mol. The molecule has 16 heavy (non-hydrogen) atoms. The van der Waals surface area contributed by atoms with E-state index in [1.807, 2.05) is 12.1 Å². The molecule has 3 nitrogen and oxygen atoms in total. The van der Waals surface area contributed by atoms with Gasteiger partial charge in [0.15, 0.2) is 11.5 Å². The number of pyridine rings is 1. The maximum atomic E-state index is 5.25. The third-order valence-electron chi connectivity index (χ3n) is 2.27. The van der Waals surface area contributed by atoms with Crippen LogP contribution in [0.25, 0.3) is 10.9 Å². The van der Waals surface area contributed by atoms with Crippen LogP contribution in [0.5, 0.6) is 11.5 Å². The van der Waals surface area contributed by atoms with Gasteiger partial charge in [-0.2, -0.15) is 0 Å². The quantitative estimate of drug-likeness (QED) is 0.829. The number of fused-ring (bicyclic) bond motifs is 1. The molecule has 0 saturated heterocycles. The van der Waals surface area contributed by atoms with Gasteiger partial charge < -0.3 is 9.47 Å². The molecule has 84 valence electrons. The van der Waals surface area contributed by atoms with Crippen molar-refractivity contribution in [3.63, 3.8) is 0 Å². The molecule has 0 atom stereocenters. The zero-order valence-electron chi connectivity index (χ0n) is 8.75. The summed E-state index contributed by atoms with van der Waals surface area (Å²) in [6.07, 6.45) is 1.75. The molecule has 0 fully saturated rings. The lowest BCUT2D eigenvalue weighted by Gasteiger charge is -2.10. The molecule has 2 rings (SSSR count). The molecular formula is C11H9Br2NO2. The molecule has 0 amide bonds. The van der Waals surface area contributed by atoms with Crippen LogP contribution >= 0.6 is 31.9 Å². The average molecular weight is 347 g/mol. The van der Waals surface area contributed by atoms with Gasteiger partial charge in [-0.15, -0.1) is 0 Å². The highest BCUT2D eigenvalue weighted by atomic mass is 79.9. The Kier molecular flexibility index (Phi) is 3.35. The summed E-state index contributed by atoms with van der Waals surface area (Å²) in [6, 6.07) is 3.75. The first-order chi connectivity index (χ1) is 7.67. The van der Waals surface area contributed by atoms with E-state index < -0.39 is 0 Å². The number of aromatic nitrogens is 1. The molecule has 0 N–H and O–H groups in total. The van der Waals surface area contributed by atoms with Crippen molar-refractivity contribution in [3.05, 3.63) is 27.3 Å². The molecule has 1 heterocycles. The molecule has 2 aromatic rings. The van der Waals surface area contributed by atoms with Crippen molar-refractivity contribution >= 4 is 42.8 Å². The number of benzene rings is 1. The van der Waals surface area contributed by atoms with E-state index in [1.165, 1.54) is 0 Å². The number of hydrogen-bond donors (Lipinski definition) is 0. The second kappa shape index (κ2) is 4.59. The molecule has 0 aliphatic rings. The summed E-state index contributed by atoms with van der Waals surface area (Å²) in [5.41, 5.74) is 0.854. The number of methoxy groups -OCH3 is 2. The highest BCUT2D eigenvalue weighted by Gasteiger charge is 2.10. The minimum Gasteiger partial charge on any atom is -0.493 e. The first kappa shape index (κ1) is 11.7. The second-order valence-corrected chi connectivity index (χ2v) is 4.79. The van der Waals surface area contributed by atoms with E-state index in [4.69, 9.17) is 9.47 Å². The van der Waals surface area contributed by atoms with Crippen LogP contribution in [0.2, 0.25) is 0 Å². The van der Waals surface area contributed by atoms with Gasteiger partial charge in [-0.25, -0.2) is 0 Å². The Hall–Kier alpha value is -0.810. The van der Waals surface area contributed by atoms with Crippen LogP contribution < -0.4 is 9.47 Å². The maximum Gasteiger partial charge on any atom is 0.162 e. The monoisotopic (exact) mass is 345 g/mol. The summed E-state index contributed by atoms with van der Waals surface area (Å²) in [6.45, 7) is 0. The Bertz CT molecular complexity index is 543. The lowest BCUT2D eigenvalue weighted by Crippen LogP contribution is -1.92. The van der Waals surface area contributed by atoms with Gasteiger partial charge >= 0.3 is 0 Å². The molecule has 1 aromatic heterocycles. The van der Waals surface area contributed by atoms with Gasteiger partial charge in [0.1, 0.15) is 0 Å². The van der Waals surface area contributed by atoms with Gasteiger partial charge in [-0.1, -0.05) is 0 Å². The van der Waals surface area contributed by atoms with Crippen molar-refractivity contribution in [2.24, 2.45) is 0 Å². The summed E-state index contributed by atoms with van der Waals surface area (Å²) < 4.78 is 12.3. The van der Waals surface area contributed by atoms with Crippen LogP contribution in [0, 0.1) is 0 Å². The summed E-state index contributed by atoms with van der Waals surface area (Å²) in [5, 5.41) is 0.979. The molecular weight excluding hydrogens is 338 g/mol. The molecule has 1 aromatic carbocycles. The Morgan fingerprint density at radius 2 is 1.69 bits per heavy atom. The largest absolute Gasteiger partial charge is 0.493 e. The zero-order valence-corrected chi connectivity index (χ0v) is 11.9. The minimum atomic E-state index is 0.678. The molecule has 0 aliphatic heterocycles. The fourth-order valence-electron chi connectivity index (χ4n) is 1.46. The van der Waals surface area contributed by atoms with E-state index in [0.717, 1.165) is 19.8 Å². The van der Waals surface area contributed by atoms with Crippen molar-refractivity contribution in [1.29, 1.82) is 0 Å². The number of halogens is 2. The third kappa shape index (κ3) is 1.89. The lowest BCUT2D eigenvalue weighted by atomic mass is 10.2. The van der Waals surface area contributed by atoms with E-state index in [2.05, 4.69) is 36.8 Å². The number of ether oxygens (including phenoxy) is 2. The summed E-state index contributed by atoms with van der Waals surface area (Å²) in [5.74, 6) is 1.37. The fourth-order valence-corrected chi connectivity index (χ4v) is 2.20. The SMILES string of the molecule is COc1cc2ncc(Br)c(Br)c2cc1OC.